The van der Waals surface area contributed by atoms with Crippen LogP contribution in [0.2, 0.25) is 0 Å². The molecule has 2 N–H and O–H groups in total. The number of rotatable bonds is 5. The first-order chi connectivity index (χ1) is 10.0. The molecule has 1 aromatic heterocycles. The van der Waals surface area contributed by atoms with E-state index >= 15 is 0 Å². The van der Waals surface area contributed by atoms with E-state index in [2.05, 4.69) is 61.1 Å². The molecule has 0 saturated heterocycles. The van der Waals surface area contributed by atoms with Crippen molar-refractivity contribution in [2.45, 2.75) is 33.4 Å². The van der Waals surface area contributed by atoms with Crippen molar-refractivity contribution in [3.05, 3.63) is 64.5 Å². The number of hydrogen-bond acceptors (Lipinski definition) is 3. The lowest BCUT2D eigenvalue weighted by Gasteiger charge is -2.29. The Bertz CT molecular complexity index is 587. The van der Waals surface area contributed by atoms with E-state index in [-0.39, 0.29) is 6.04 Å². The molecule has 1 atom stereocenters. The fraction of sp³-hybridized carbons (Fsp3) is 0.389. The molecule has 21 heavy (non-hydrogen) atoms. The molecule has 0 saturated carbocycles. The van der Waals surface area contributed by atoms with Crippen LogP contribution >= 0.6 is 0 Å². The van der Waals surface area contributed by atoms with E-state index in [9.17, 15) is 0 Å². The van der Waals surface area contributed by atoms with Crippen LogP contribution in [0.25, 0.3) is 0 Å². The van der Waals surface area contributed by atoms with Gasteiger partial charge < -0.3 is 5.73 Å². The number of nitrogens with zero attached hydrogens (tertiary/aromatic N) is 2. The van der Waals surface area contributed by atoms with E-state index in [0.717, 1.165) is 17.9 Å². The van der Waals surface area contributed by atoms with Gasteiger partial charge in [-0.05, 0) is 56.6 Å². The lowest BCUT2D eigenvalue weighted by atomic mass is 9.95. The van der Waals surface area contributed by atoms with Crippen molar-refractivity contribution < 1.29 is 0 Å². The summed E-state index contributed by atoms with van der Waals surface area (Å²) in [5, 5.41) is 0. The first-order valence-electron chi connectivity index (χ1n) is 7.42. The number of benzene rings is 1. The van der Waals surface area contributed by atoms with Crippen LogP contribution in [0.15, 0.2) is 36.4 Å². The van der Waals surface area contributed by atoms with Gasteiger partial charge in [-0.2, -0.15) is 0 Å². The number of hydrogen-bond donors (Lipinski definition) is 1. The van der Waals surface area contributed by atoms with Gasteiger partial charge >= 0.3 is 0 Å². The molecule has 0 fully saturated rings. The predicted molar refractivity (Wildman–Crippen MR) is 88.2 cm³/mol. The molecule has 0 aliphatic carbocycles. The van der Waals surface area contributed by atoms with Crippen molar-refractivity contribution in [1.82, 2.24) is 9.88 Å². The van der Waals surface area contributed by atoms with E-state index < -0.39 is 0 Å². The van der Waals surface area contributed by atoms with Gasteiger partial charge in [0, 0.05) is 24.8 Å². The van der Waals surface area contributed by atoms with Crippen molar-refractivity contribution in [2.75, 3.05) is 13.6 Å². The highest BCUT2D eigenvalue weighted by atomic mass is 15.1. The third-order valence-corrected chi connectivity index (χ3v) is 3.99. The van der Waals surface area contributed by atoms with E-state index in [1.54, 1.807) is 0 Å². The topological polar surface area (TPSA) is 42.1 Å². The summed E-state index contributed by atoms with van der Waals surface area (Å²) in [5.74, 6) is 0. The smallest absolute Gasteiger partial charge is 0.0547 e. The number of nitrogens with two attached hydrogens (primary N) is 1. The summed E-state index contributed by atoms with van der Waals surface area (Å²) in [6, 6.07) is 12.8. The molecule has 112 valence electrons. The molecule has 0 amide bonds. The lowest BCUT2D eigenvalue weighted by molar-refractivity contribution is 0.237. The van der Waals surface area contributed by atoms with Gasteiger partial charge in [0.25, 0.3) is 0 Å². The standard InChI is InChI=1S/C18H25N3/c1-13-7-5-8-14(2)18(13)17(11-19)21(4)12-16-10-6-9-15(3)20-16/h5-10,17H,11-12,19H2,1-4H3. The van der Waals surface area contributed by atoms with Crippen molar-refractivity contribution in [1.29, 1.82) is 0 Å². The van der Waals surface area contributed by atoms with Crippen LogP contribution in [0.3, 0.4) is 0 Å². The fourth-order valence-electron chi connectivity index (χ4n) is 2.92. The molecular formula is C18H25N3. The summed E-state index contributed by atoms with van der Waals surface area (Å²) in [6.45, 7) is 7.74. The summed E-state index contributed by atoms with van der Waals surface area (Å²) in [5.41, 5.74) is 12.1. The van der Waals surface area contributed by atoms with Gasteiger partial charge in [0.2, 0.25) is 0 Å². The number of aryl methyl sites for hydroxylation is 3. The minimum Gasteiger partial charge on any atom is -0.329 e. The summed E-state index contributed by atoms with van der Waals surface area (Å²) < 4.78 is 0. The van der Waals surface area contributed by atoms with Gasteiger partial charge in [0.05, 0.1) is 5.69 Å². The summed E-state index contributed by atoms with van der Waals surface area (Å²) in [7, 11) is 2.12. The normalized spacial score (nSPS) is 12.7. The van der Waals surface area contributed by atoms with Crippen molar-refractivity contribution in [3.63, 3.8) is 0 Å². The first kappa shape index (κ1) is 15.7. The van der Waals surface area contributed by atoms with E-state index in [4.69, 9.17) is 5.73 Å². The third kappa shape index (κ3) is 3.69. The molecule has 1 unspecified atom stereocenters. The second-order valence-corrected chi connectivity index (χ2v) is 5.74. The van der Waals surface area contributed by atoms with Crippen LogP contribution in [0, 0.1) is 20.8 Å². The van der Waals surface area contributed by atoms with Gasteiger partial charge in [-0.3, -0.25) is 9.88 Å². The Balaban J connectivity index is 2.25. The molecule has 1 heterocycles. The molecule has 0 bridgehead atoms. The Morgan fingerprint density at radius 2 is 1.67 bits per heavy atom. The molecule has 3 nitrogen and oxygen atoms in total. The molecule has 0 radical (unpaired) electrons. The quantitative estimate of drug-likeness (QED) is 0.916. The van der Waals surface area contributed by atoms with Crippen LogP contribution in [-0.4, -0.2) is 23.5 Å². The number of pyridine rings is 1. The van der Waals surface area contributed by atoms with Crippen LogP contribution in [0.5, 0.6) is 0 Å². The molecule has 0 spiro atoms. The Hall–Kier alpha value is -1.71. The fourth-order valence-corrected chi connectivity index (χ4v) is 2.92. The Kier molecular flexibility index (Phi) is 5.10. The molecular weight excluding hydrogens is 258 g/mol. The van der Waals surface area contributed by atoms with Crippen molar-refractivity contribution >= 4 is 0 Å². The second kappa shape index (κ2) is 6.83. The average Bonchev–Trinajstić information content (AvgIpc) is 2.43. The second-order valence-electron chi connectivity index (χ2n) is 5.74. The van der Waals surface area contributed by atoms with Crippen molar-refractivity contribution in [2.24, 2.45) is 5.73 Å². The monoisotopic (exact) mass is 283 g/mol. The van der Waals surface area contributed by atoms with Gasteiger partial charge in [-0.1, -0.05) is 24.3 Å². The van der Waals surface area contributed by atoms with Gasteiger partial charge in [-0.15, -0.1) is 0 Å². The maximum Gasteiger partial charge on any atom is 0.0547 e. The molecule has 0 aliphatic heterocycles. The maximum absolute atomic E-state index is 6.06. The SMILES string of the molecule is Cc1cccc(CN(C)C(CN)c2c(C)cccc2C)n1. The zero-order chi connectivity index (χ0) is 15.4. The summed E-state index contributed by atoms with van der Waals surface area (Å²) in [6.07, 6.45) is 0. The minimum absolute atomic E-state index is 0.216. The zero-order valence-electron chi connectivity index (χ0n) is 13.4. The molecule has 2 rings (SSSR count). The van der Waals surface area contributed by atoms with Crippen LogP contribution < -0.4 is 5.73 Å². The highest BCUT2D eigenvalue weighted by molar-refractivity contribution is 5.36. The average molecular weight is 283 g/mol. The van der Waals surface area contributed by atoms with Crippen LogP contribution in [-0.2, 0) is 6.54 Å². The Morgan fingerprint density at radius 1 is 1.05 bits per heavy atom. The molecule has 1 aromatic carbocycles. The van der Waals surface area contributed by atoms with Crippen LogP contribution in [0.4, 0.5) is 0 Å². The molecule has 0 aliphatic rings. The number of likely N-dealkylation sites (N-methyl/N-ethyl adjacent to an activating group) is 1. The molecule has 3 heteroatoms. The van der Waals surface area contributed by atoms with Crippen molar-refractivity contribution in [3.8, 4) is 0 Å². The third-order valence-electron chi connectivity index (χ3n) is 3.99. The van der Waals surface area contributed by atoms with Gasteiger partial charge in [-0.25, -0.2) is 0 Å². The maximum atomic E-state index is 6.06. The molecule has 2 aromatic rings. The highest BCUT2D eigenvalue weighted by Gasteiger charge is 2.19. The van der Waals surface area contributed by atoms with Crippen LogP contribution in [0.1, 0.15) is 34.1 Å². The van der Waals surface area contributed by atoms with E-state index in [1.807, 2.05) is 13.0 Å². The Labute approximate surface area is 127 Å². The van der Waals surface area contributed by atoms with E-state index in [0.29, 0.717) is 6.54 Å². The predicted octanol–water partition coefficient (Wildman–Crippen LogP) is 3.14. The van der Waals surface area contributed by atoms with Gasteiger partial charge in [0.1, 0.15) is 0 Å². The highest BCUT2D eigenvalue weighted by Crippen LogP contribution is 2.26. The summed E-state index contributed by atoms with van der Waals surface area (Å²) in [4.78, 5) is 6.87. The zero-order valence-corrected chi connectivity index (χ0v) is 13.4. The number of aromatic nitrogens is 1. The Morgan fingerprint density at radius 3 is 2.24 bits per heavy atom. The first-order valence-corrected chi connectivity index (χ1v) is 7.42. The summed E-state index contributed by atoms with van der Waals surface area (Å²) >= 11 is 0. The largest absolute Gasteiger partial charge is 0.329 e. The van der Waals surface area contributed by atoms with E-state index in [1.165, 1.54) is 16.7 Å². The van der Waals surface area contributed by atoms with Gasteiger partial charge in [0.15, 0.2) is 0 Å². The minimum atomic E-state index is 0.216. The lowest BCUT2D eigenvalue weighted by Crippen LogP contribution is -2.31.